The molecule has 4 atom stereocenters. The molecule has 4 unspecified atom stereocenters. The van der Waals surface area contributed by atoms with E-state index in [0.717, 1.165) is 12.3 Å². The maximum absolute atomic E-state index is 10.4. The summed E-state index contributed by atoms with van der Waals surface area (Å²) < 4.78 is 5.22. The minimum absolute atomic E-state index is 0.304. The van der Waals surface area contributed by atoms with Gasteiger partial charge in [-0.25, -0.2) is 4.79 Å². The molecular formula is C13H23O2. The van der Waals surface area contributed by atoms with Crippen LogP contribution in [0.25, 0.3) is 0 Å². The molecule has 0 amide bonds. The highest BCUT2D eigenvalue weighted by Crippen LogP contribution is 2.42. The van der Waals surface area contributed by atoms with Gasteiger partial charge in [-0.15, -0.1) is 0 Å². The molecule has 1 aliphatic carbocycles. The third-order valence-electron chi connectivity index (χ3n) is 4.19. The quantitative estimate of drug-likeness (QED) is 0.713. The topological polar surface area (TPSA) is 26.3 Å². The van der Waals surface area contributed by atoms with Gasteiger partial charge < -0.3 is 4.74 Å². The van der Waals surface area contributed by atoms with E-state index >= 15 is 0 Å². The Hall–Kier alpha value is -0.530. The zero-order chi connectivity index (χ0) is 11.5. The highest BCUT2D eigenvalue weighted by Gasteiger charge is 2.40. The van der Waals surface area contributed by atoms with E-state index < -0.39 is 0 Å². The number of rotatable bonds is 4. The first-order chi connectivity index (χ1) is 7.03. The van der Waals surface area contributed by atoms with Crippen molar-refractivity contribution in [2.24, 2.45) is 17.8 Å². The number of hydrogen-bond donors (Lipinski definition) is 0. The monoisotopic (exact) mass is 211 g/mol. The van der Waals surface area contributed by atoms with Gasteiger partial charge in [0.05, 0.1) is 0 Å². The molecule has 0 spiro atoms. The lowest BCUT2D eigenvalue weighted by atomic mass is 9.68. The van der Waals surface area contributed by atoms with Gasteiger partial charge in [0, 0.05) is 5.92 Å². The smallest absolute Gasteiger partial charge is 0.418 e. The third-order valence-corrected chi connectivity index (χ3v) is 4.19. The van der Waals surface area contributed by atoms with Crippen LogP contribution in [0.3, 0.4) is 0 Å². The molecule has 87 valence electrons. The maximum Gasteiger partial charge on any atom is 0.418 e. The lowest BCUT2D eigenvalue weighted by molar-refractivity contribution is -0.0376. The Morgan fingerprint density at radius 2 is 2.07 bits per heavy atom. The van der Waals surface area contributed by atoms with Crippen LogP contribution < -0.4 is 0 Å². The molecule has 1 rings (SSSR count). The molecule has 15 heavy (non-hydrogen) atoms. The van der Waals surface area contributed by atoms with Gasteiger partial charge in [-0.05, 0) is 38.0 Å². The second-order valence-electron chi connectivity index (χ2n) is 5.35. The van der Waals surface area contributed by atoms with Crippen LogP contribution in [-0.4, -0.2) is 12.1 Å². The van der Waals surface area contributed by atoms with Crippen molar-refractivity contribution in [2.45, 2.75) is 59.0 Å². The van der Waals surface area contributed by atoms with Gasteiger partial charge in [0.1, 0.15) is 5.60 Å². The number of carbonyl (C=O) groups excluding carboxylic acids is 1. The normalized spacial score (nSPS) is 35.6. The zero-order valence-electron chi connectivity index (χ0n) is 10.4. The summed E-state index contributed by atoms with van der Waals surface area (Å²) >= 11 is 0. The average Bonchev–Trinajstić information content (AvgIpc) is 2.17. The first kappa shape index (κ1) is 12.5. The minimum atomic E-state index is -0.304. The average molecular weight is 211 g/mol. The summed E-state index contributed by atoms with van der Waals surface area (Å²) in [5.41, 5.74) is -0.304. The van der Waals surface area contributed by atoms with Gasteiger partial charge in [0.2, 0.25) is 0 Å². The van der Waals surface area contributed by atoms with Crippen LogP contribution in [-0.2, 0) is 9.53 Å². The van der Waals surface area contributed by atoms with Gasteiger partial charge >= 0.3 is 6.47 Å². The molecule has 0 aliphatic heterocycles. The fraction of sp³-hybridized carbons (Fsp3) is 0.923. The van der Waals surface area contributed by atoms with Crippen LogP contribution >= 0.6 is 0 Å². The summed E-state index contributed by atoms with van der Waals surface area (Å²) in [4.78, 5) is 10.4. The van der Waals surface area contributed by atoms with E-state index in [9.17, 15) is 4.79 Å². The van der Waals surface area contributed by atoms with Gasteiger partial charge in [0.25, 0.3) is 0 Å². The van der Waals surface area contributed by atoms with Gasteiger partial charge in [-0.3, -0.25) is 0 Å². The highest BCUT2D eigenvalue weighted by atomic mass is 16.5. The highest BCUT2D eigenvalue weighted by molar-refractivity contribution is 5.39. The Balaban J connectivity index is 2.71. The Morgan fingerprint density at radius 1 is 1.40 bits per heavy atom. The predicted molar refractivity (Wildman–Crippen MR) is 61.1 cm³/mol. The van der Waals surface area contributed by atoms with Crippen molar-refractivity contribution in [3.63, 3.8) is 0 Å². The standard InChI is InChI=1S/C13H23O2/c1-5-13(4,15-9-14)12-7-6-10(2)8-11(12)3/h10-12H,5-8H2,1-4H3. The molecule has 1 radical (unpaired) electrons. The van der Waals surface area contributed by atoms with Crippen molar-refractivity contribution in [3.05, 3.63) is 0 Å². The molecule has 0 aromatic rings. The summed E-state index contributed by atoms with van der Waals surface area (Å²) in [5.74, 6) is 1.96. The molecule has 2 nitrogen and oxygen atoms in total. The maximum atomic E-state index is 10.4. The Morgan fingerprint density at radius 3 is 2.53 bits per heavy atom. The molecule has 1 aliphatic rings. The van der Waals surface area contributed by atoms with Gasteiger partial charge in [-0.1, -0.05) is 27.2 Å². The predicted octanol–water partition coefficient (Wildman–Crippen LogP) is 3.31. The minimum Gasteiger partial charge on any atom is -0.451 e. The van der Waals surface area contributed by atoms with Crippen LogP contribution in [0.2, 0.25) is 0 Å². The van der Waals surface area contributed by atoms with Gasteiger partial charge in [-0.2, -0.15) is 0 Å². The fourth-order valence-electron chi connectivity index (χ4n) is 3.08. The Labute approximate surface area is 93.4 Å². The molecule has 0 bridgehead atoms. The van der Waals surface area contributed by atoms with E-state index in [4.69, 9.17) is 4.74 Å². The zero-order valence-corrected chi connectivity index (χ0v) is 10.4. The van der Waals surface area contributed by atoms with Crippen molar-refractivity contribution in [1.29, 1.82) is 0 Å². The molecule has 0 aromatic heterocycles. The lowest BCUT2D eigenvalue weighted by Gasteiger charge is -2.42. The summed E-state index contributed by atoms with van der Waals surface area (Å²) in [7, 11) is 0. The Kier molecular flexibility index (Phi) is 4.18. The van der Waals surface area contributed by atoms with Crippen molar-refractivity contribution in [1.82, 2.24) is 0 Å². The summed E-state index contributed by atoms with van der Waals surface area (Å²) in [6, 6.07) is 0. The van der Waals surface area contributed by atoms with Crippen LogP contribution in [0.4, 0.5) is 0 Å². The van der Waals surface area contributed by atoms with E-state index in [1.165, 1.54) is 19.3 Å². The third kappa shape index (κ3) is 2.73. The lowest BCUT2D eigenvalue weighted by Crippen LogP contribution is -2.42. The fourth-order valence-corrected chi connectivity index (χ4v) is 3.08. The van der Waals surface area contributed by atoms with E-state index in [2.05, 4.69) is 27.7 Å². The van der Waals surface area contributed by atoms with Crippen LogP contribution in [0.15, 0.2) is 0 Å². The SMILES string of the molecule is CCC(C)(O[C]=O)C1CCC(C)CC1C. The van der Waals surface area contributed by atoms with E-state index in [0.29, 0.717) is 11.8 Å². The second kappa shape index (κ2) is 5.00. The molecule has 1 saturated carbocycles. The Bertz CT molecular complexity index is 215. The van der Waals surface area contributed by atoms with Crippen molar-refractivity contribution < 1.29 is 9.53 Å². The van der Waals surface area contributed by atoms with Crippen molar-refractivity contribution in [2.75, 3.05) is 0 Å². The van der Waals surface area contributed by atoms with E-state index in [1.807, 2.05) is 0 Å². The molecule has 0 heterocycles. The molecule has 0 saturated heterocycles. The van der Waals surface area contributed by atoms with Crippen molar-refractivity contribution in [3.8, 4) is 0 Å². The largest absolute Gasteiger partial charge is 0.451 e. The molecule has 2 heteroatoms. The molecule has 0 N–H and O–H groups in total. The van der Waals surface area contributed by atoms with E-state index in [1.54, 1.807) is 6.47 Å². The summed E-state index contributed by atoms with van der Waals surface area (Å²) in [5, 5.41) is 0. The van der Waals surface area contributed by atoms with Crippen LogP contribution in [0, 0.1) is 17.8 Å². The summed E-state index contributed by atoms with van der Waals surface area (Å²) in [6.45, 7) is 10.4. The van der Waals surface area contributed by atoms with E-state index in [-0.39, 0.29) is 5.60 Å². The van der Waals surface area contributed by atoms with Crippen molar-refractivity contribution >= 4 is 6.47 Å². The second-order valence-corrected chi connectivity index (χ2v) is 5.35. The number of ether oxygens (including phenoxy) is 1. The first-order valence-corrected chi connectivity index (χ1v) is 6.08. The number of hydrogen-bond acceptors (Lipinski definition) is 2. The molecule has 1 fully saturated rings. The molecular weight excluding hydrogens is 188 g/mol. The van der Waals surface area contributed by atoms with Crippen LogP contribution in [0.5, 0.6) is 0 Å². The van der Waals surface area contributed by atoms with Crippen LogP contribution in [0.1, 0.15) is 53.4 Å². The summed E-state index contributed by atoms with van der Waals surface area (Å²) in [6.07, 6.45) is 4.56. The molecule has 0 aromatic carbocycles. The first-order valence-electron chi connectivity index (χ1n) is 6.08. The van der Waals surface area contributed by atoms with Gasteiger partial charge in [0.15, 0.2) is 0 Å².